The van der Waals surface area contributed by atoms with Crippen molar-refractivity contribution in [3.05, 3.63) is 36.3 Å². The van der Waals surface area contributed by atoms with Gasteiger partial charge >= 0.3 is 0 Å². The van der Waals surface area contributed by atoms with Crippen molar-refractivity contribution < 1.29 is 18.7 Å². The summed E-state index contributed by atoms with van der Waals surface area (Å²) in [5.74, 6) is -0.830. The SMILES string of the molecule is O=C(Nc1ccn(CC(F)F)n1)c1ncccc1O. The number of aromatic nitrogens is 3. The second-order valence-corrected chi connectivity index (χ2v) is 3.64. The van der Waals surface area contributed by atoms with Gasteiger partial charge in [-0.05, 0) is 12.1 Å². The Morgan fingerprint density at radius 1 is 1.47 bits per heavy atom. The second kappa shape index (κ2) is 5.42. The van der Waals surface area contributed by atoms with E-state index >= 15 is 0 Å². The lowest BCUT2D eigenvalue weighted by molar-refractivity contribution is 0.101. The van der Waals surface area contributed by atoms with Crippen molar-refractivity contribution in [2.75, 3.05) is 5.32 Å². The number of rotatable bonds is 4. The molecule has 0 unspecified atom stereocenters. The highest BCUT2D eigenvalue weighted by Gasteiger charge is 2.14. The van der Waals surface area contributed by atoms with Crippen molar-refractivity contribution in [2.45, 2.75) is 13.0 Å². The smallest absolute Gasteiger partial charge is 0.279 e. The Morgan fingerprint density at radius 2 is 2.26 bits per heavy atom. The van der Waals surface area contributed by atoms with Gasteiger partial charge in [0.05, 0.1) is 0 Å². The Hall–Kier alpha value is -2.51. The van der Waals surface area contributed by atoms with Crippen LogP contribution in [0.2, 0.25) is 0 Å². The number of nitrogens with one attached hydrogen (secondary N) is 1. The molecule has 6 nitrogen and oxygen atoms in total. The zero-order valence-electron chi connectivity index (χ0n) is 9.62. The average molecular weight is 268 g/mol. The summed E-state index contributed by atoms with van der Waals surface area (Å²) in [6, 6.07) is 4.17. The highest BCUT2D eigenvalue weighted by Crippen LogP contribution is 2.14. The fourth-order valence-electron chi connectivity index (χ4n) is 1.42. The van der Waals surface area contributed by atoms with Gasteiger partial charge in [0.2, 0.25) is 0 Å². The van der Waals surface area contributed by atoms with Gasteiger partial charge in [-0.15, -0.1) is 0 Å². The molecule has 2 aromatic heterocycles. The number of amides is 1. The van der Waals surface area contributed by atoms with Crippen molar-refractivity contribution in [3.63, 3.8) is 0 Å². The maximum atomic E-state index is 12.1. The number of nitrogens with zero attached hydrogens (tertiary/aromatic N) is 3. The first kappa shape index (κ1) is 12.9. The fraction of sp³-hybridized carbons (Fsp3) is 0.182. The molecule has 1 amide bonds. The number of aromatic hydroxyl groups is 1. The first-order valence-corrected chi connectivity index (χ1v) is 5.33. The molecular weight excluding hydrogens is 258 g/mol. The Bertz CT molecular complexity index is 586. The maximum Gasteiger partial charge on any atom is 0.279 e. The molecular formula is C11H10F2N4O2. The topological polar surface area (TPSA) is 80.0 Å². The molecule has 8 heteroatoms. The summed E-state index contributed by atoms with van der Waals surface area (Å²) >= 11 is 0. The molecule has 0 aromatic carbocycles. The average Bonchev–Trinajstić information content (AvgIpc) is 2.76. The number of carbonyl (C=O) groups excluding carboxylic acids is 1. The molecule has 0 spiro atoms. The molecule has 0 aliphatic heterocycles. The number of hydrogen-bond acceptors (Lipinski definition) is 4. The van der Waals surface area contributed by atoms with E-state index in [1.165, 1.54) is 30.6 Å². The van der Waals surface area contributed by atoms with Crippen molar-refractivity contribution in [1.29, 1.82) is 0 Å². The summed E-state index contributed by atoms with van der Waals surface area (Å²) in [7, 11) is 0. The molecule has 0 atom stereocenters. The van der Waals surface area contributed by atoms with Gasteiger partial charge in [-0.3, -0.25) is 9.48 Å². The molecule has 100 valence electrons. The molecule has 0 radical (unpaired) electrons. The van der Waals surface area contributed by atoms with E-state index in [9.17, 15) is 18.7 Å². The molecule has 0 aliphatic rings. The minimum absolute atomic E-state index is 0.107. The lowest BCUT2D eigenvalue weighted by atomic mass is 10.3. The van der Waals surface area contributed by atoms with Gasteiger partial charge in [0.25, 0.3) is 12.3 Å². The molecule has 2 N–H and O–H groups in total. The quantitative estimate of drug-likeness (QED) is 0.880. The van der Waals surface area contributed by atoms with E-state index in [4.69, 9.17) is 0 Å². The minimum atomic E-state index is -2.52. The maximum absolute atomic E-state index is 12.1. The number of hydrogen-bond donors (Lipinski definition) is 2. The lowest BCUT2D eigenvalue weighted by Crippen LogP contribution is -2.15. The van der Waals surface area contributed by atoms with E-state index < -0.39 is 18.9 Å². The zero-order chi connectivity index (χ0) is 13.8. The van der Waals surface area contributed by atoms with Gasteiger partial charge in [-0.1, -0.05) is 0 Å². The van der Waals surface area contributed by atoms with Crippen LogP contribution in [0.3, 0.4) is 0 Å². The van der Waals surface area contributed by atoms with Crippen LogP contribution in [0.4, 0.5) is 14.6 Å². The predicted octanol–water partition coefficient (Wildman–Crippen LogP) is 1.50. The van der Waals surface area contributed by atoms with Gasteiger partial charge in [0.1, 0.15) is 12.3 Å². The van der Waals surface area contributed by atoms with Crippen molar-refractivity contribution in [1.82, 2.24) is 14.8 Å². The Morgan fingerprint density at radius 3 is 2.95 bits per heavy atom. The Balaban J connectivity index is 2.07. The monoisotopic (exact) mass is 268 g/mol. The minimum Gasteiger partial charge on any atom is -0.505 e. The van der Waals surface area contributed by atoms with E-state index in [0.717, 1.165) is 4.68 Å². The van der Waals surface area contributed by atoms with Gasteiger partial charge < -0.3 is 10.4 Å². The lowest BCUT2D eigenvalue weighted by Gasteiger charge is -2.03. The van der Waals surface area contributed by atoms with Crippen LogP contribution >= 0.6 is 0 Å². The molecule has 2 rings (SSSR count). The zero-order valence-corrected chi connectivity index (χ0v) is 9.62. The van der Waals surface area contributed by atoms with E-state index in [-0.39, 0.29) is 17.3 Å². The third-order valence-electron chi connectivity index (χ3n) is 2.21. The first-order chi connectivity index (χ1) is 9.06. The third-order valence-corrected chi connectivity index (χ3v) is 2.21. The number of halogens is 2. The van der Waals surface area contributed by atoms with Crippen molar-refractivity contribution in [2.24, 2.45) is 0 Å². The number of alkyl halides is 2. The van der Waals surface area contributed by atoms with Crippen LogP contribution in [0, 0.1) is 0 Å². The molecule has 0 bridgehead atoms. The van der Waals surface area contributed by atoms with Crippen LogP contribution in [0.25, 0.3) is 0 Å². The molecule has 2 aromatic rings. The summed E-state index contributed by atoms with van der Waals surface area (Å²) in [6.07, 6.45) is 0.146. The van der Waals surface area contributed by atoms with Crippen LogP contribution in [-0.4, -0.2) is 32.2 Å². The highest BCUT2D eigenvalue weighted by atomic mass is 19.3. The van der Waals surface area contributed by atoms with E-state index in [2.05, 4.69) is 15.4 Å². The van der Waals surface area contributed by atoms with Gasteiger partial charge in [-0.2, -0.15) is 5.10 Å². The normalized spacial score (nSPS) is 10.7. The Kier molecular flexibility index (Phi) is 3.69. The fourth-order valence-corrected chi connectivity index (χ4v) is 1.42. The third kappa shape index (κ3) is 3.24. The van der Waals surface area contributed by atoms with Gasteiger partial charge in [0, 0.05) is 18.5 Å². The first-order valence-electron chi connectivity index (χ1n) is 5.33. The summed E-state index contributed by atoms with van der Waals surface area (Å²) in [4.78, 5) is 15.4. The standard InChI is InChI=1S/C11H10F2N4O2/c12-8(13)6-17-5-3-9(16-17)15-11(19)10-7(18)2-1-4-14-10/h1-5,8,18H,6H2,(H,15,16,19). The van der Waals surface area contributed by atoms with Gasteiger partial charge in [0.15, 0.2) is 11.5 Å². The number of carbonyl (C=O) groups is 1. The summed E-state index contributed by atoms with van der Waals surface area (Å²) in [6.45, 7) is -0.551. The van der Waals surface area contributed by atoms with Crippen LogP contribution in [0.5, 0.6) is 5.75 Å². The molecule has 2 heterocycles. The van der Waals surface area contributed by atoms with Crippen LogP contribution in [0.15, 0.2) is 30.6 Å². The molecule has 0 aliphatic carbocycles. The molecule has 0 fully saturated rings. The van der Waals surface area contributed by atoms with Crippen LogP contribution < -0.4 is 5.32 Å². The summed E-state index contributed by atoms with van der Waals surface area (Å²) in [5, 5.41) is 15.5. The van der Waals surface area contributed by atoms with Crippen molar-refractivity contribution >= 4 is 11.7 Å². The van der Waals surface area contributed by atoms with E-state index in [1.54, 1.807) is 0 Å². The van der Waals surface area contributed by atoms with E-state index in [0.29, 0.717) is 0 Å². The summed E-state index contributed by atoms with van der Waals surface area (Å²) in [5.41, 5.74) is -0.161. The van der Waals surface area contributed by atoms with E-state index in [1.807, 2.05) is 0 Å². The second-order valence-electron chi connectivity index (χ2n) is 3.64. The predicted molar refractivity (Wildman–Crippen MR) is 62.1 cm³/mol. The Labute approximate surface area is 106 Å². The summed E-state index contributed by atoms with van der Waals surface area (Å²) < 4.78 is 25.3. The molecule has 0 saturated heterocycles. The van der Waals surface area contributed by atoms with Gasteiger partial charge in [-0.25, -0.2) is 13.8 Å². The molecule has 0 saturated carbocycles. The largest absolute Gasteiger partial charge is 0.505 e. The van der Waals surface area contributed by atoms with Crippen LogP contribution in [0.1, 0.15) is 10.5 Å². The van der Waals surface area contributed by atoms with Crippen molar-refractivity contribution in [3.8, 4) is 5.75 Å². The highest BCUT2D eigenvalue weighted by molar-refractivity contribution is 6.04. The number of anilines is 1. The number of pyridine rings is 1. The van der Waals surface area contributed by atoms with Crippen LogP contribution in [-0.2, 0) is 6.54 Å². The molecule has 19 heavy (non-hydrogen) atoms.